The van der Waals surface area contributed by atoms with E-state index in [0.717, 1.165) is 5.56 Å². The van der Waals surface area contributed by atoms with Gasteiger partial charge in [0, 0.05) is 5.02 Å². The number of nitrogens with one attached hydrogen (secondary N) is 1. The van der Waals surface area contributed by atoms with E-state index < -0.39 is 5.82 Å². The normalized spacial score (nSPS) is 11.8. The molecule has 0 fully saturated rings. The maximum Gasteiger partial charge on any atom is 0.246 e. The molecule has 128 valence electrons. The number of amides is 1. The van der Waals surface area contributed by atoms with E-state index >= 15 is 0 Å². The fourth-order valence-corrected chi connectivity index (χ4v) is 2.38. The first-order valence-corrected chi connectivity index (χ1v) is 7.83. The highest BCUT2D eigenvalue weighted by Gasteiger charge is 2.12. The van der Waals surface area contributed by atoms with Gasteiger partial charge in [0.15, 0.2) is 11.6 Å². The minimum atomic E-state index is -0.467. The van der Waals surface area contributed by atoms with Gasteiger partial charge in [-0.3, -0.25) is 4.79 Å². The zero-order chi connectivity index (χ0) is 17.5. The number of ether oxygens (including phenoxy) is 2. The van der Waals surface area contributed by atoms with Crippen molar-refractivity contribution < 1.29 is 18.7 Å². The molecule has 0 aliphatic rings. The summed E-state index contributed by atoms with van der Waals surface area (Å²) in [6.45, 7) is 1.92. The molecule has 4 nitrogen and oxygen atoms in total. The van der Waals surface area contributed by atoms with Gasteiger partial charge in [0.05, 0.1) is 19.8 Å². The predicted octanol–water partition coefficient (Wildman–Crippen LogP) is 3.88. The number of hydrogen-bond donors (Lipinski definition) is 1. The Morgan fingerprint density at radius 1 is 1.29 bits per heavy atom. The van der Waals surface area contributed by atoms with Gasteiger partial charge >= 0.3 is 0 Å². The first-order valence-electron chi connectivity index (χ1n) is 7.45. The summed E-state index contributed by atoms with van der Waals surface area (Å²) in [5, 5.41) is 3.35. The van der Waals surface area contributed by atoms with E-state index in [9.17, 15) is 9.18 Å². The van der Waals surface area contributed by atoms with Crippen LogP contribution in [-0.2, 0) is 16.1 Å². The Hall–Kier alpha value is -2.11. The molecule has 0 aliphatic heterocycles. The van der Waals surface area contributed by atoms with Gasteiger partial charge in [0.25, 0.3) is 0 Å². The topological polar surface area (TPSA) is 47.6 Å². The molecule has 2 aromatic carbocycles. The second-order valence-electron chi connectivity index (χ2n) is 5.27. The lowest BCUT2D eigenvalue weighted by Gasteiger charge is -2.15. The molecule has 6 heteroatoms. The van der Waals surface area contributed by atoms with Gasteiger partial charge in [-0.05, 0) is 36.2 Å². The zero-order valence-corrected chi connectivity index (χ0v) is 14.3. The van der Waals surface area contributed by atoms with Crippen molar-refractivity contribution in [3.05, 3.63) is 64.4 Å². The molecule has 0 bridgehead atoms. The number of carbonyl (C=O) groups is 1. The fraction of sp³-hybridized carbons (Fsp3) is 0.278. The second kappa shape index (κ2) is 8.66. The summed E-state index contributed by atoms with van der Waals surface area (Å²) in [5.74, 6) is -0.586. The predicted molar refractivity (Wildman–Crippen MR) is 90.6 cm³/mol. The van der Waals surface area contributed by atoms with E-state index in [4.69, 9.17) is 21.1 Å². The van der Waals surface area contributed by atoms with Gasteiger partial charge in [0.2, 0.25) is 5.91 Å². The van der Waals surface area contributed by atoms with Gasteiger partial charge in [-0.25, -0.2) is 4.39 Å². The Bertz CT molecular complexity index is 708. The average molecular weight is 352 g/mol. The standard InChI is InChI=1S/C18H19ClFNO3/c1-12(13-7-8-17(23-2)16(20)9-13)21-18(22)11-24-10-14-5-3-4-6-15(14)19/h3-9,12H,10-11H2,1-2H3,(H,21,22). The molecule has 0 heterocycles. The Labute approximate surface area is 145 Å². The first-order chi connectivity index (χ1) is 11.5. The maximum atomic E-state index is 13.7. The van der Waals surface area contributed by atoms with E-state index in [-0.39, 0.29) is 30.9 Å². The monoisotopic (exact) mass is 351 g/mol. The highest BCUT2D eigenvalue weighted by atomic mass is 35.5. The number of hydrogen-bond acceptors (Lipinski definition) is 3. The van der Waals surface area contributed by atoms with Crippen LogP contribution in [0.15, 0.2) is 42.5 Å². The number of halogens is 2. The van der Waals surface area contributed by atoms with Crippen LogP contribution in [0.3, 0.4) is 0 Å². The van der Waals surface area contributed by atoms with Gasteiger partial charge in [0.1, 0.15) is 6.61 Å². The van der Waals surface area contributed by atoms with Crippen LogP contribution in [0.25, 0.3) is 0 Å². The lowest BCUT2D eigenvalue weighted by Crippen LogP contribution is -2.30. The molecule has 0 aromatic heterocycles. The number of carbonyl (C=O) groups excluding carboxylic acids is 1. The third-order valence-electron chi connectivity index (χ3n) is 3.50. The van der Waals surface area contributed by atoms with Crippen LogP contribution in [0.4, 0.5) is 4.39 Å². The van der Waals surface area contributed by atoms with Crippen LogP contribution in [0.2, 0.25) is 5.02 Å². The summed E-state index contributed by atoms with van der Waals surface area (Å²) in [6, 6.07) is 11.5. The van der Waals surface area contributed by atoms with Crippen molar-refractivity contribution in [2.75, 3.05) is 13.7 Å². The van der Waals surface area contributed by atoms with Crippen molar-refractivity contribution in [2.45, 2.75) is 19.6 Å². The summed E-state index contributed by atoms with van der Waals surface area (Å²) < 4.78 is 23.9. The highest BCUT2D eigenvalue weighted by Crippen LogP contribution is 2.21. The summed E-state index contributed by atoms with van der Waals surface area (Å²) in [5.41, 5.74) is 1.46. The van der Waals surface area contributed by atoms with Crippen molar-refractivity contribution in [2.24, 2.45) is 0 Å². The molecule has 2 aromatic rings. The zero-order valence-electron chi connectivity index (χ0n) is 13.5. The average Bonchev–Trinajstić information content (AvgIpc) is 2.56. The molecular formula is C18H19ClFNO3. The van der Waals surface area contributed by atoms with Gasteiger partial charge < -0.3 is 14.8 Å². The smallest absolute Gasteiger partial charge is 0.246 e. The molecule has 2 rings (SSSR count). The summed E-state index contributed by atoms with van der Waals surface area (Å²) in [7, 11) is 1.40. The van der Waals surface area contributed by atoms with Crippen molar-refractivity contribution in [3.8, 4) is 5.75 Å². The largest absolute Gasteiger partial charge is 0.494 e. The van der Waals surface area contributed by atoms with Crippen molar-refractivity contribution >= 4 is 17.5 Å². The van der Waals surface area contributed by atoms with Crippen LogP contribution in [0, 0.1) is 5.82 Å². The molecule has 1 unspecified atom stereocenters. The second-order valence-corrected chi connectivity index (χ2v) is 5.67. The molecule has 0 radical (unpaired) electrons. The molecule has 0 spiro atoms. The molecule has 0 aliphatic carbocycles. The highest BCUT2D eigenvalue weighted by molar-refractivity contribution is 6.31. The quantitative estimate of drug-likeness (QED) is 0.823. The lowest BCUT2D eigenvalue weighted by molar-refractivity contribution is -0.126. The van der Waals surface area contributed by atoms with E-state index in [1.807, 2.05) is 18.2 Å². The Balaban J connectivity index is 1.83. The Morgan fingerprint density at radius 3 is 2.71 bits per heavy atom. The summed E-state index contributed by atoms with van der Waals surface area (Å²) >= 11 is 6.02. The molecular weight excluding hydrogens is 333 g/mol. The summed E-state index contributed by atoms with van der Waals surface area (Å²) in [6.07, 6.45) is 0. The van der Waals surface area contributed by atoms with Crippen LogP contribution in [0.1, 0.15) is 24.1 Å². The van der Waals surface area contributed by atoms with E-state index in [1.54, 1.807) is 19.1 Å². The third kappa shape index (κ3) is 4.94. The molecule has 1 N–H and O–H groups in total. The fourth-order valence-electron chi connectivity index (χ4n) is 2.19. The maximum absolute atomic E-state index is 13.7. The van der Waals surface area contributed by atoms with E-state index in [2.05, 4.69) is 5.32 Å². The van der Waals surface area contributed by atoms with Crippen LogP contribution >= 0.6 is 11.6 Å². The molecule has 1 atom stereocenters. The first kappa shape index (κ1) is 18.2. The SMILES string of the molecule is COc1ccc(C(C)NC(=O)COCc2ccccc2Cl)cc1F. The summed E-state index contributed by atoms with van der Waals surface area (Å²) in [4.78, 5) is 11.9. The Kier molecular flexibility index (Phi) is 6.58. The minimum absolute atomic E-state index is 0.103. The van der Waals surface area contributed by atoms with E-state index in [1.165, 1.54) is 19.2 Å². The number of benzene rings is 2. The molecule has 0 saturated heterocycles. The van der Waals surface area contributed by atoms with Gasteiger partial charge in [-0.2, -0.15) is 0 Å². The molecule has 24 heavy (non-hydrogen) atoms. The van der Waals surface area contributed by atoms with Crippen molar-refractivity contribution in [1.29, 1.82) is 0 Å². The number of methoxy groups -OCH3 is 1. The Morgan fingerprint density at radius 2 is 2.04 bits per heavy atom. The lowest BCUT2D eigenvalue weighted by atomic mass is 10.1. The van der Waals surface area contributed by atoms with Crippen LogP contribution < -0.4 is 10.1 Å². The molecule has 0 saturated carbocycles. The minimum Gasteiger partial charge on any atom is -0.494 e. The van der Waals surface area contributed by atoms with Gasteiger partial charge in [-0.15, -0.1) is 0 Å². The van der Waals surface area contributed by atoms with Gasteiger partial charge in [-0.1, -0.05) is 35.9 Å². The van der Waals surface area contributed by atoms with Crippen molar-refractivity contribution in [1.82, 2.24) is 5.32 Å². The van der Waals surface area contributed by atoms with Crippen molar-refractivity contribution in [3.63, 3.8) is 0 Å². The number of rotatable bonds is 7. The van der Waals surface area contributed by atoms with Crippen LogP contribution in [-0.4, -0.2) is 19.6 Å². The van der Waals surface area contributed by atoms with E-state index in [0.29, 0.717) is 10.6 Å². The molecule has 1 amide bonds. The third-order valence-corrected chi connectivity index (χ3v) is 3.87. The van der Waals surface area contributed by atoms with Crippen LogP contribution in [0.5, 0.6) is 5.75 Å².